The number of aryl methyl sites for hydroxylation is 2. The van der Waals surface area contributed by atoms with E-state index in [2.05, 4.69) is 21.6 Å². The highest BCUT2D eigenvalue weighted by Gasteiger charge is 2.49. The summed E-state index contributed by atoms with van der Waals surface area (Å²) in [7, 11) is 14.3. The van der Waals surface area contributed by atoms with Crippen LogP contribution in [-0.2, 0) is 37.4 Å². The highest BCUT2D eigenvalue weighted by molar-refractivity contribution is 5.94. The van der Waals surface area contributed by atoms with Crippen molar-refractivity contribution in [3.8, 4) is 46.0 Å². The van der Waals surface area contributed by atoms with E-state index in [1.54, 1.807) is 28.4 Å². The number of carbonyl (C=O) groups excluding carboxylic acids is 1. The van der Waals surface area contributed by atoms with Gasteiger partial charge in [0.15, 0.2) is 35.4 Å². The highest BCUT2D eigenvalue weighted by Crippen LogP contribution is 2.48. The minimum absolute atomic E-state index is 0.0495. The van der Waals surface area contributed by atoms with Crippen LogP contribution in [0.2, 0.25) is 0 Å². The molecule has 4 N–H and O–H groups in total. The summed E-state index contributed by atoms with van der Waals surface area (Å²) in [4.78, 5) is 71.6. The van der Waals surface area contributed by atoms with Gasteiger partial charge in [0.25, 0.3) is 0 Å². The van der Waals surface area contributed by atoms with Gasteiger partial charge < -0.3 is 77.9 Å². The Labute approximate surface area is 580 Å². The summed E-state index contributed by atoms with van der Waals surface area (Å²) >= 11 is 0. The second-order valence-corrected chi connectivity index (χ2v) is 26.5. The number of anilines is 1. The van der Waals surface area contributed by atoms with Crippen LogP contribution in [0, 0.1) is 23.7 Å². The van der Waals surface area contributed by atoms with Crippen LogP contribution in [0.5, 0.6) is 46.0 Å². The van der Waals surface area contributed by atoms with Gasteiger partial charge in [-0.2, -0.15) is 0 Å². The van der Waals surface area contributed by atoms with Crippen molar-refractivity contribution in [3.63, 3.8) is 0 Å². The number of carboxylic acid groups (broad SMARTS) is 4. The number of benzene rings is 5. The number of ether oxygens (including phenoxy) is 8. The quantitative estimate of drug-likeness (QED) is 0.0489. The Kier molecular flexibility index (Phi) is 25.1. The molecule has 12 atom stereocenters. The number of hydrogen-bond donors (Lipinski definition) is 4. The Hall–Kier alpha value is -9.16. The molecule has 1 aromatic heterocycles. The fraction of sp³-hybridized carbons (Fsp3) is 0.474. The summed E-state index contributed by atoms with van der Waals surface area (Å²) in [5, 5.41) is 38.9. The third-order valence-electron chi connectivity index (χ3n) is 20.8. The number of para-hydroxylation sites is 1. The number of carbonyl (C=O) groups is 5. The number of unbranched alkanes of at least 4 members (excludes halogenated alkanes) is 1. The van der Waals surface area contributed by atoms with Crippen LogP contribution >= 0.6 is 0 Å². The van der Waals surface area contributed by atoms with Crippen molar-refractivity contribution in [2.75, 3.05) is 107 Å². The number of fused-ring (bicyclic) bond motifs is 2. The number of likely N-dealkylation sites (tertiary alicyclic amines) is 4. The van der Waals surface area contributed by atoms with E-state index >= 15 is 0 Å². The van der Waals surface area contributed by atoms with Crippen molar-refractivity contribution in [1.82, 2.24) is 19.6 Å². The number of methoxy groups -OCH3 is 4. The molecule has 1 amide bonds. The number of amides is 1. The first-order valence-electron chi connectivity index (χ1n) is 33.8. The Morgan fingerprint density at radius 1 is 0.535 bits per heavy atom. The number of likely N-dealkylation sites (N-methyl/N-ethyl adjacent to an activating group) is 3. The number of carboxylic acids is 4. The van der Waals surface area contributed by atoms with E-state index < -0.39 is 41.8 Å². The summed E-state index contributed by atoms with van der Waals surface area (Å²) in [6, 6.07) is 36.2. The predicted molar refractivity (Wildman–Crippen MR) is 371 cm³/mol. The second kappa shape index (κ2) is 33.6. The van der Waals surface area contributed by atoms with Crippen LogP contribution in [0.1, 0.15) is 98.4 Å². The summed E-state index contributed by atoms with van der Waals surface area (Å²) in [5.74, 6) is 0.111. The molecule has 4 fully saturated rings. The van der Waals surface area contributed by atoms with Gasteiger partial charge in [0, 0.05) is 86.6 Å². The third kappa shape index (κ3) is 17.1. The van der Waals surface area contributed by atoms with Gasteiger partial charge in [0.05, 0.1) is 58.7 Å². The molecule has 0 aliphatic carbocycles. The van der Waals surface area contributed by atoms with E-state index in [1.807, 2.05) is 191 Å². The molecule has 0 bridgehead atoms. The molecule has 0 spiro atoms. The monoisotopic (exact) mass is 1370 g/mol. The van der Waals surface area contributed by atoms with E-state index in [4.69, 9.17) is 37.9 Å². The lowest BCUT2D eigenvalue weighted by Gasteiger charge is -2.29. The lowest BCUT2D eigenvalue weighted by molar-refractivity contribution is -0.670. The first kappa shape index (κ1) is 74.1. The van der Waals surface area contributed by atoms with Crippen LogP contribution in [0.15, 0.2) is 128 Å². The molecule has 12 rings (SSSR count). The van der Waals surface area contributed by atoms with Gasteiger partial charge in [-0.1, -0.05) is 61.9 Å². The molecular weight excluding hydrogens is 1270 g/mol. The molecule has 532 valence electrons. The molecule has 6 aliphatic heterocycles. The molecule has 23 heteroatoms. The van der Waals surface area contributed by atoms with E-state index in [0.29, 0.717) is 54.7 Å². The predicted octanol–water partition coefficient (Wildman–Crippen LogP) is 9.35. The molecule has 6 aliphatic rings. The maximum Gasteiger partial charge on any atom is 0.308 e. The number of nitrogens with zero attached hydrogens (tertiary/aromatic N) is 6. The molecule has 23 nitrogen and oxygen atoms in total. The third-order valence-corrected chi connectivity index (χ3v) is 20.8. The highest BCUT2D eigenvalue weighted by atomic mass is 16.7. The minimum atomic E-state index is -0.910. The van der Waals surface area contributed by atoms with Crippen LogP contribution in [-0.4, -0.2) is 196 Å². The summed E-state index contributed by atoms with van der Waals surface area (Å²) in [6.07, 6.45) is 6.74. The number of aliphatic carboxylic acids is 4. The zero-order valence-electron chi connectivity index (χ0n) is 58.8. The van der Waals surface area contributed by atoms with Gasteiger partial charge in [0.1, 0.15) is 30.0 Å². The summed E-state index contributed by atoms with van der Waals surface area (Å²) < 4.78 is 45.5. The molecule has 99 heavy (non-hydrogen) atoms. The summed E-state index contributed by atoms with van der Waals surface area (Å²) in [5.41, 5.74) is 5.75. The van der Waals surface area contributed by atoms with Crippen LogP contribution < -0.4 is 47.4 Å². The SMILES string of the molecule is CCCCN(C(=O)CN1C[C@H](c2cc(OC)c3c(c2)OCO3)[C@@H](C(=O)O)[C@@H]1CCc1cccc2c1OCO2)c1ccc[n+](C)c1.COc1ccc([C@H]2CN(C)[C@@H](C)[C@@H]2C(=O)O)cc1.COc1ccc([C@H]2CN(C)[C@@H](C)[C@@H]2C(=O)O)cc1.COc1ccc([C@H]2CN(C)[C@@H](C)[C@@H]2C(=O)O)cc1. The molecule has 0 saturated carbocycles. The van der Waals surface area contributed by atoms with E-state index in [9.17, 15) is 44.4 Å². The second-order valence-electron chi connectivity index (χ2n) is 26.5. The minimum Gasteiger partial charge on any atom is -0.497 e. The Bertz CT molecular complexity index is 3530. The Morgan fingerprint density at radius 2 is 0.990 bits per heavy atom. The average molecular weight is 1370 g/mol. The molecule has 4 saturated heterocycles. The lowest BCUT2D eigenvalue weighted by atomic mass is 9.83. The van der Waals surface area contributed by atoms with Gasteiger partial charge in [-0.3, -0.25) is 28.9 Å². The maximum absolute atomic E-state index is 14.1. The number of hydrogen-bond acceptors (Lipinski definition) is 17. The standard InChI is InChI=1S/C34H39N3O8.3C14H19NO3/c1-4-5-14-37(24-9-7-13-35(2)17-24)30(38)19-36-18-25(23-15-28(41-3)33-29(16-23)43-21-45-33)31(34(39)40)26(36)12-11-22-8-6-10-27-32(22)44-20-42-27;3*1-9-13(14(16)17)12(8-15(9)2)10-4-6-11(18-3)7-5-10/h6-10,13,15-17,25-26,31H,4-5,11-12,14,18-21H2,1-3H3;3*4-7,9,12-13H,8H2,1-3H3,(H,16,17)/p+1/t25-,26+,31-;3*9-,12+,13-/m1000/s1. The molecular formula is C76H97N6O17+. The fourth-order valence-corrected chi connectivity index (χ4v) is 15.0. The first-order valence-corrected chi connectivity index (χ1v) is 33.8. The van der Waals surface area contributed by atoms with Gasteiger partial charge in [0.2, 0.25) is 25.2 Å². The van der Waals surface area contributed by atoms with Crippen LogP contribution in [0.3, 0.4) is 0 Å². The number of pyridine rings is 1. The van der Waals surface area contributed by atoms with Crippen molar-refractivity contribution >= 4 is 35.5 Å². The normalized spacial score (nSPS) is 24.5. The van der Waals surface area contributed by atoms with E-state index in [-0.39, 0.29) is 79.7 Å². The van der Waals surface area contributed by atoms with Gasteiger partial charge in [-0.05, 0) is 150 Å². The smallest absolute Gasteiger partial charge is 0.308 e. The van der Waals surface area contributed by atoms with Gasteiger partial charge in [-0.25, -0.2) is 4.57 Å². The van der Waals surface area contributed by atoms with Crippen LogP contribution in [0.4, 0.5) is 5.69 Å². The van der Waals surface area contributed by atoms with Crippen LogP contribution in [0.25, 0.3) is 0 Å². The number of aromatic nitrogens is 1. The van der Waals surface area contributed by atoms with Gasteiger partial charge >= 0.3 is 23.9 Å². The largest absolute Gasteiger partial charge is 0.497 e. The Morgan fingerprint density at radius 3 is 1.42 bits per heavy atom. The Balaban J connectivity index is 0.000000174. The molecule has 7 heterocycles. The lowest BCUT2D eigenvalue weighted by Crippen LogP contribution is -2.45. The zero-order valence-corrected chi connectivity index (χ0v) is 58.8. The van der Waals surface area contributed by atoms with Gasteiger partial charge in [-0.15, -0.1) is 0 Å². The zero-order chi connectivity index (χ0) is 71.4. The van der Waals surface area contributed by atoms with E-state index in [1.165, 1.54) is 0 Å². The fourth-order valence-electron chi connectivity index (χ4n) is 15.0. The topological polar surface area (TPSA) is 260 Å². The molecule has 0 unspecified atom stereocenters. The molecule has 6 aromatic rings. The van der Waals surface area contributed by atoms with Crippen molar-refractivity contribution in [2.24, 2.45) is 30.7 Å². The summed E-state index contributed by atoms with van der Waals surface area (Å²) in [6.45, 7) is 11.6. The van der Waals surface area contributed by atoms with Crippen molar-refractivity contribution in [1.29, 1.82) is 0 Å². The number of rotatable bonds is 21. The van der Waals surface area contributed by atoms with Crippen molar-refractivity contribution < 1.29 is 86.9 Å². The molecule has 5 aromatic carbocycles. The molecule has 0 radical (unpaired) electrons. The van der Waals surface area contributed by atoms with Crippen molar-refractivity contribution in [3.05, 3.63) is 155 Å². The average Bonchev–Trinajstić information content (AvgIpc) is 1.15. The maximum atomic E-state index is 14.1. The van der Waals surface area contributed by atoms with E-state index in [0.717, 1.165) is 83.2 Å². The van der Waals surface area contributed by atoms with Crippen molar-refractivity contribution in [2.45, 2.75) is 101 Å². The first-order chi connectivity index (χ1) is 47.5.